The normalized spacial score (nSPS) is 18.8. The van der Waals surface area contributed by atoms with Gasteiger partial charge in [-0.15, -0.1) is 11.3 Å². The number of alkyl halides is 3. The number of halogens is 3. The first-order chi connectivity index (χ1) is 8.48. The van der Waals surface area contributed by atoms with E-state index >= 15 is 0 Å². The largest absolute Gasteiger partial charge is 0.332 e. The predicted octanol–water partition coefficient (Wildman–Crippen LogP) is 3.27. The molecular weight excluding hydrogens is 315 g/mol. The first-order valence-corrected chi connectivity index (χ1v) is 7.65. The maximum absolute atomic E-state index is 12.0. The highest BCUT2D eigenvalue weighted by Gasteiger charge is 2.39. The minimum absolute atomic E-state index is 0.201. The van der Waals surface area contributed by atoms with Crippen molar-refractivity contribution in [1.82, 2.24) is 10.2 Å². The maximum atomic E-state index is 12.0. The topological polar surface area (TPSA) is 32.3 Å². The number of nitrogens with zero attached hydrogens (tertiary/aromatic N) is 1. The van der Waals surface area contributed by atoms with E-state index < -0.39 is 9.96 Å². The Balaban J connectivity index is 2.08. The summed E-state index contributed by atoms with van der Waals surface area (Å²) in [5.74, 6) is -0.201. The van der Waals surface area contributed by atoms with Crippen LogP contribution in [0.4, 0.5) is 0 Å². The first-order valence-electron chi connectivity index (χ1n) is 5.63. The Morgan fingerprint density at radius 3 is 2.56 bits per heavy atom. The Morgan fingerprint density at radius 1 is 1.39 bits per heavy atom. The summed E-state index contributed by atoms with van der Waals surface area (Å²) < 4.78 is -1.53. The van der Waals surface area contributed by atoms with E-state index in [4.69, 9.17) is 34.8 Å². The molecular formula is C11H13Cl3N2OS. The summed E-state index contributed by atoms with van der Waals surface area (Å²) in [6, 6.07) is 3.57. The number of hydrogen-bond donors (Lipinski definition) is 1. The summed E-state index contributed by atoms with van der Waals surface area (Å²) in [6.45, 7) is 1.67. The zero-order valence-electron chi connectivity index (χ0n) is 9.54. The van der Waals surface area contributed by atoms with E-state index in [1.807, 2.05) is 16.3 Å². The van der Waals surface area contributed by atoms with Crippen LogP contribution in [-0.4, -0.2) is 33.9 Å². The van der Waals surface area contributed by atoms with E-state index in [9.17, 15) is 4.79 Å². The smallest absolute Gasteiger partial charge is 0.262 e. The quantitative estimate of drug-likeness (QED) is 0.864. The van der Waals surface area contributed by atoms with Crippen LogP contribution in [0, 0.1) is 0 Å². The Kier molecular flexibility index (Phi) is 4.78. The molecule has 3 nitrogen and oxygen atoms in total. The van der Waals surface area contributed by atoms with Crippen molar-refractivity contribution in [2.45, 2.75) is 22.8 Å². The van der Waals surface area contributed by atoms with Gasteiger partial charge in [0.15, 0.2) is 0 Å². The van der Waals surface area contributed by atoms with E-state index in [1.165, 1.54) is 11.3 Å². The lowest BCUT2D eigenvalue weighted by Crippen LogP contribution is -2.54. The number of amides is 1. The molecule has 2 rings (SSSR count). The fourth-order valence-electron chi connectivity index (χ4n) is 1.98. The van der Waals surface area contributed by atoms with Gasteiger partial charge in [-0.3, -0.25) is 9.69 Å². The second-order valence-electron chi connectivity index (χ2n) is 4.14. The number of nitrogens with one attached hydrogen (secondary N) is 1. The van der Waals surface area contributed by atoms with Crippen molar-refractivity contribution in [2.24, 2.45) is 0 Å². The summed E-state index contributed by atoms with van der Waals surface area (Å²) in [4.78, 5) is 14.6. The number of rotatable bonds is 3. The van der Waals surface area contributed by atoms with Gasteiger partial charge in [0.25, 0.3) is 5.91 Å². The fourth-order valence-corrected chi connectivity index (χ4v) is 3.19. The van der Waals surface area contributed by atoms with Crippen molar-refractivity contribution in [1.29, 1.82) is 0 Å². The number of likely N-dealkylation sites (tertiary alicyclic amines) is 1. The molecule has 1 saturated heterocycles. The van der Waals surface area contributed by atoms with Crippen LogP contribution >= 0.6 is 46.1 Å². The Bertz CT molecular complexity index is 399. The molecule has 0 bridgehead atoms. The van der Waals surface area contributed by atoms with Crippen LogP contribution in [0.2, 0.25) is 0 Å². The van der Waals surface area contributed by atoms with Gasteiger partial charge in [0.05, 0.1) is 4.88 Å². The number of carbonyl (C=O) groups excluding carboxylic acids is 1. The van der Waals surface area contributed by atoms with Crippen LogP contribution in [0.5, 0.6) is 0 Å². The lowest BCUT2D eigenvalue weighted by molar-refractivity contribution is 0.0878. The van der Waals surface area contributed by atoms with Gasteiger partial charge in [-0.25, -0.2) is 0 Å². The first kappa shape index (κ1) is 14.4. The van der Waals surface area contributed by atoms with E-state index in [0.29, 0.717) is 4.88 Å². The van der Waals surface area contributed by atoms with Crippen LogP contribution in [0.25, 0.3) is 0 Å². The molecule has 0 radical (unpaired) electrons. The monoisotopic (exact) mass is 326 g/mol. The highest BCUT2D eigenvalue weighted by atomic mass is 35.6. The standard InChI is InChI=1S/C11H13Cl3N2OS/c12-11(13,14)10(16-5-1-2-6-16)15-9(17)8-4-3-7-18-8/h3-4,7,10H,1-2,5-6H2,(H,15,17)/t10-/m0/s1. The average molecular weight is 328 g/mol. The molecule has 1 aromatic heterocycles. The molecule has 1 aliphatic rings. The van der Waals surface area contributed by atoms with Gasteiger partial charge in [-0.05, 0) is 24.3 Å². The van der Waals surface area contributed by atoms with Gasteiger partial charge < -0.3 is 5.32 Å². The van der Waals surface area contributed by atoms with E-state index in [0.717, 1.165) is 25.9 Å². The highest BCUT2D eigenvalue weighted by Crippen LogP contribution is 2.33. The van der Waals surface area contributed by atoms with Crippen LogP contribution in [0.3, 0.4) is 0 Å². The lowest BCUT2D eigenvalue weighted by Gasteiger charge is -2.33. The number of hydrogen-bond acceptors (Lipinski definition) is 3. The van der Waals surface area contributed by atoms with Gasteiger partial charge in [-0.1, -0.05) is 40.9 Å². The average Bonchev–Trinajstić information content (AvgIpc) is 2.96. The molecule has 1 fully saturated rings. The van der Waals surface area contributed by atoms with Crippen molar-refractivity contribution in [2.75, 3.05) is 13.1 Å². The molecule has 1 amide bonds. The summed E-state index contributed by atoms with van der Waals surface area (Å²) in [7, 11) is 0. The van der Waals surface area contributed by atoms with E-state index in [1.54, 1.807) is 6.07 Å². The van der Waals surface area contributed by atoms with Crippen molar-refractivity contribution in [3.8, 4) is 0 Å². The predicted molar refractivity (Wildman–Crippen MR) is 76.7 cm³/mol. The number of thiophene rings is 1. The van der Waals surface area contributed by atoms with E-state index in [-0.39, 0.29) is 5.91 Å². The second-order valence-corrected chi connectivity index (χ2v) is 7.45. The molecule has 0 saturated carbocycles. The molecule has 0 spiro atoms. The Hall–Kier alpha value is -0.000000000000000139. The second kappa shape index (κ2) is 5.97. The van der Waals surface area contributed by atoms with Crippen LogP contribution in [-0.2, 0) is 0 Å². The lowest BCUT2D eigenvalue weighted by atomic mass is 10.4. The van der Waals surface area contributed by atoms with Crippen molar-refractivity contribution in [3.05, 3.63) is 22.4 Å². The minimum atomic E-state index is -1.53. The van der Waals surface area contributed by atoms with Gasteiger partial charge >= 0.3 is 0 Å². The molecule has 18 heavy (non-hydrogen) atoms. The molecule has 1 N–H and O–H groups in total. The molecule has 100 valence electrons. The highest BCUT2D eigenvalue weighted by molar-refractivity contribution is 7.12. The van der Waals surface area contributed by atoms with Gasteiger partial charge in [-0.2, -0.15) is 0 Å². The summed E-state index contributed by atoms with van der Waals surface area (Å²) in [5.41, 5.74) is 0. The Morgan fingerprint density at radius 2 is 2.06 bits per heavy atom. The van der Waals surface area contributed by atoms with Gasteiger partial charge in [0, 0.05) is 13.1 Å². The molecule has 0 unspecified atom stereocenters. The minimum Gasteiger partial charge on any atom is -0.332 e. The summed E-state index contributed by atoms with van der Waals surface area (Å²) in [6.07, 6.45) is 1.54. The van der Waals surface area contributed by atoms with Gasteiger partial charge in [0.1, 0.15) is 6.17 Å². The van der Waals surface area contributed by atoms with Crippen LogP contribution in [0.1, 0.15) is 22.5 Å². The molecule has 0 aliphatic carbocycles. The van der Waals surface area contributed by atoms with Crippen LogP contribution in [0.15, 0.2) is 17.5 Å². The zero-order valence-corrected chi connectivity index (χ0v) is 12.6. The SMILES string of the molecule is O=C(N[C@@H](N1CCCC1)C(Cl)(Cl)Cl)c1cccs1. The van der Waals surface area contributed by atoms with E-state index in [2.05, 4.69) is 5.32 Å². The molecule has 7 heteroatoms. The fraction of sp³-hybridized carbons (Fsp3) is 0.545. The van der Waals surface area contributed by atoms with Crippen LogP contribution < -0.4 is 5.32 Å². The van der Waals surface area contributed by atoms with Crippen molar-refractivity contribution in [3.63, 3.8) is 0 Å². The molecule has 2 heterocycles. The third kappa shape index (κ3) is 3.52. The number of carbonyl (C=O) groups is 1. The zero-order chi connectivity index (χ0) is 13.2. The third-order valence-corrected chi connectivity index (χ3v) is 4.32. The summed E-state index contributed by atoms with van der Waals surface area (Å²) >= 11 is 19.3. The van der Waals surface area contributed by atoms with Crippen molar-refractivity contribution < 1.29 is 4.79 Å². The molecule has 0 aromatic carbocycles. The van der Waals surface area contributed by atoms with Crippen molar-refractivity contribution >= 4 is 52.0 Å². The Labute approximate surface area is 125 Å². The molecule has 1 aliphatic heterocycles. The third-order valence-electron chi connectivity index (χ3n) is 2.83. The molecule has 1 atom stereocenters. The maximum Gasteiger partial charge on any atom is 0.262 e. The van der Waals surface area contributed by atoms with Gasteiger partial charge in [0.2, 0.25) is 3.79 Å². The molecule has 1 aromatic rings. The summed E-state index contributed by atoms with van der Waals surface area (Å²) in [5, 5.41) is 4.65.